The van der Waals surface area contributed by atoms with Crippen molar-refractivity contribution in [1.82, 2.24) is 4.72 Å². The summed E-state index contributed by atoms with van der Waals surface area (Å²) in [6.07, 6.45) is 4.23. The van der Waals surface area contributed by atoms with E-state index in [1.165, 1.54) is 0 Å². The van der Waals surface area contributed by atoms with Gasteiger partial charge in [-0.3, -0.25) is 0 Å². The summed E-state index contributed by atoms with van der Waals surface area (Å²) in [6, 6.07) is 3.10. The lowest BCUT2D eigenvalue weighted by molar-refractivity contribution is 0.0959. The summed E-state index contributed by atoms with van der Waals surface area (Å²) in [6.45, 7) is 11.5. The molecule has 112 valence electrons. The number of hydrogen-bond donors (Lipinski definition) is 1. The second-order valence-electron chi connectivity index (χ2n) is 6.41. The molecule has 1 aromatic rings. The fourth-order valence-electron chi connectivity index (χ4n) is 1.14. The van der Waals surface area contributed by atoms with Crippen LogP contribution in [0.1, 0.15) is 53.3 Å². The summed E-state index contributed by atoms with van der Waals surface area (Å²) in [7, 11) is -1.24. The summed E-state index contributed by atoms with van der Waals surface area (Å²) in [5, 5.41) is 0. The minimum atomic E-state index is -1.24. The zero-order chi connectivity index (χ0) is 15.4. The number of hydrogen-bond acceptors (Lipinski definition) is 3. The highest BCUT2D eigenvalue weighted by atomic mass is 32.2. The molecule has 0 spiro atoms. The number of ether oxygens (including phenoxy) is 1. The number of rotatable bonds is 3. The Bertz CT molecular complexity index is 498. The zero-order valence-corrected chi connectivity index (χ0v) is 13.8. The molecule has 1 heterocycles. The van der Waals surface area contributed by atoms with Crippen LogP contribution in [-0.2, 0) is 15.7 Å². The Morgan fingerprint density at radius 1 is 1.30 bits per heavy atom. The van der Waals surface area contributed by atoms with Gasteiger partial charge in [-0.1, -0.05) is 0 Å². The summed E-state index contributed by atoms with van der Waals surface area (Å²) < 4.78 is 25.5. The van der Waals surface area contributed by atoms with E-state index >= 15 is 0 Å². The molecule has 0 aliphatic rings. The molecular formula is C15H23NO3S. The van der Waals surface area contributed by atoms with Crippen LogP contribution in [0.2, 0.25) is 0 Å². The van der Waals surface area contributed by atoms with Crippen LogP contribution in [0.15, 0.2) is 22.8 Å². The second-order valence-corrected chi connectivity index (χ2v) is 8.41. The van der Waals surface area contributed by atoms with Crippen molar-refractivity contribution in [2.45, 2.75) is 57.9 Å². The first-order chi connectivity index (χ1) is 9.09. The van der Waals surface area contributed by atoms with E-state index in [9.17, 15) is 4.21 Å². The van der Waals surface area contributed by atoms with Crippen LogP contribution in [0, 0.1) is 12.0 Å². The molecule has 0 bridgehead atoms. The summed E-state index contributed by atoms with van der Waals surface area (Å²) in [4.78, 5) is 0. The minimum Gasteiger partial charge on any atom is -0.467 e. The lowest BCUT2D eigenvalue weighted by atomic mass is 10.2. The topological polar surface area (TPSA) is 51.5 Å². The molecule has 0 aliphatic heterocycles. The molecule has 0 saturated carbocycles. The average Bonchev–Trinajstić information content (AvgIpc) is 2.77. The van der Waals surface area contributed by atoms with Crippen molar-refractivity contribution in [3.8, 4) is 12.0 Å². The molecule has 0 radical (unpaired) electrons. The fraction of sp³-hybridized carbons (Fsp3) is 0.600. The highest BCUT2D eigenvalue weighted by molar-refractivity contribution is 7.84. The molecule has 0 fully saturated rings. The van der Waals surface area contributed by atoms with Crippen molar-refractivity contribution in [1.29, 1.82) is 0 Å². The summed E-state index contributed by atoms with van der Waals surface area (Å²) >= 11 is 0. The van der Waals surface area contributed by atoms with Crippen LogP contribution >= 0.6 is 0 Å². The molecule has 0 saturated heterocycles. The van der Waals surface area contributed by atoms with Gasteiger partial charge in [0, 0.05) is 0 Å². The van der Waals surface area contributed by atoms with Gasteiger partial charge >= 0.3 is 0 Å². The Morgan fingerprint density at radius 3 is 2.40 bits per heavy atom. The predicted molar refractivity (Wildman–Crippen MR) is 81.1 cm³/mol. The molecule has 1 unspecified atom stereocenters. The van der Waals surface area contributed by atoms with Gasteiger partial charge in [-0.25, -0.2) is 8.93 Å². The quantitative estimate of drug-likeness (QED) is 0.872. The van der Waals surface area contributed by atoms with Gasteiger partial charge in [-0.2, -0.15) is 0 Å². The molecule has 0 aromatic carbocycles. The van der Waals surface area contributed by atoms with E-state index in [0.29, 0.717) is 5.76 Å². The number of nitrogens with one attached hydrogen (secondary N) is 1. The van der Waals surface area contributed by atoms with E-state index in [1.807, 2.05) is 41.5 Å². The largest absolute Gasteiger partial charge is 0.467 e. The first kappa shape index (κ1) is 16.8. The molecule has 2 atom stereocenters. The van der Waals surface area contributed by atoms with Crippen molar-refractivity contribution >= 4 is 11.0 Å². The highest BCUT2D eigenvalue weighted by Crippen LogP contribution is 2.17. The maximum Gasteiger partial charge on any atom is 0.142 e. The van der Waals surface area contributed by atoms with Crippen molar-refractivity contribution in [3.05, 3.63) is 24.2 Å². The SMILES string of the molecule is CC(C)(C)OC#C[C@@H](NS(=O)C(C)(C)C)c1ccco1. The third-order valence-corrected chi connectivity index (χ3v) is 3.73. The third-order valence-electron chi connectivity index (χ3n) is 2.17. The summed E-state index contributed by atoms with van der Waals surface area (Å²) in [5.41, 5.74) is -0.343. The summed E-state index contributed by atoms with van der Waals surface area (Å²) in [5.74, 6) is 3.53. The van der Waals surface area contributed by atoms with Gasteiger partial charge in [-0.15, -0.1) is 0 Å². The maximum atomic E-state index is 12.2. The first-order valence-electron chi connectivity index (χ1n) is 6.49. The van der Waals surface area contributed by atoms with Crippen molar-refractivity contribution in [2.75, 3.05) is 0 Å². The molecule has 5 heteroatoms. The molecule has 1 rings (SSSR count). The molecule has 4 nitrogen and oxygen atoms in total. The normalized spacial score (nSPS) is 15.1. The second kappa shape index (κ2) is 6.47. The van der Waals surface area contributed by atoms with Gasteiger partial charge in [0.05, 0.1) is 22.0 Å². The highest BCUT2D eigenvalue weighted by Gasteiger charge is 2.24. The third kappa shape index (κ3) is 5.81. The maximum absolute atomic E-state index is 12.2. The van der Waals surface area contributed by atoms with Crippen molar-refractivity contribution < 1.29 is 13.4 Å². The lowest BCUT2D eigenvalue weighted by Crippen LogP contribution is -2.35. The minimum absolute atomic E-state index is 0.343. The number of furan rings is 1. The van der Waals surface area contributed by atoms with Crippen LogP contribution < -0.4 is 4.72 Å². The van der Waals surface area contributed by atoms with E-state index in [4.69, 9.17) is 9.15 Å². The smallest absolute Gasteiger partial charge is 0.142 e. The fourth-order valence-corrected chi connectivity index (χ4v) is 1.88. The van der Waals surface area contributed by atoms with Crippen molar-refractivity contribution in [3.63, 3.8) is 0 Å². The van der Waals surface area contributed by atoms with Gasteiger partial charge in [-0.05, 0) is 59.6 Å². The Morgan fingerprint density at radius 2 is 1.95 bits per heavy atom. The van der Waals surface area contributed by atoms with E-state index in [-0.39, 0.29) is 10.3 Å². The molecule has 1 aromatic heterocycles. The van der Waals surface area contributed by atoms with Crippen LogP contribution in [-0.4, -0.2) is 14.6 Å². The van der Waals surface area contributed by atoms with Gasteiger partial charge in [0.15, 0.2) is 0 Å². The monoisotopic (exact) mass is 297 g/mol. The van der Waals surface area contributed by atoms with Crippen molar-refractivity contribution in [2.24, 2.45) is 0 Å². The van der Waals surface area contributed by atoms with Gasteiger partial charge in [0.1, 0.15) is 23.5 Å². The molecule has 0 aliphatic carbocycles. The molecule has 0 amide bonds. The van der Waals surface area contributed by atoms with Gasteiger partial charge in [0.2, 0.25) is 0 Å². The van der Waals surface area contributed by atoms with Crippen LogP contribution in [0.5, 0.6) is 0 Å². The Hall–Kier alpha value is -1.25. The van der Waals surface area contributed by atoms with E-state index in [2.05, 4.69) is 16.7 Å². The molecular weight excluding hydrogens is 274 g/mol. The first-order valence-corrected chi connectivity index (χ1v) is 7.64. The molecule has 20 heavy (non-hydrogen) atoms. The Labute approximate surface area is 123 Å². The van der Waals surface area contributed by atoms with Gasteiger partial charge < -0.3 is 9.15 Å². The van der Waals surface area contributed by atoms with Crippen LogP contribution in [0.25, 0.3) is 0 Å². The zero-order valence-electron chi connectivity index (χ0n) is 12.9. The standard InChI is InChI=1S/C15H23NO3S/c1-14(2,3)19-11-9-12(13-8-7-10-18-13)16-20(17)15(4,5)6/h7-8,10,12,16H,1-6H3/t12-,20?/m1/s1. The predicted octanol–water partition coefficient (Wildman–Crippen LogP) is 3.15. The van der Waals surface area contributed by atoms with E-state index in [0.717, 1.165) is 0 Å². The van der Waals surface area contributed by atoms with Crippen LogP contribution in [0.4, 0.5) is 0 Å². The Balaban J connectivity index is 2.85. The average molecular weight is 297 g/mol. The van der Waals surface area contributed by atoms with E-state index < -0.39 is 17.0 Å². The van der Waals surface area contributed by atoms with Crippen LogP contribution in [0.3, 0.4) is 0 Å². The lowest BCUT2D eigenvalue weighted by Gasteiger charge is -2.20. The molecule has 1 N–H and O–H groups in total. The Kier molecular flexibility index (Phi) is 5.43. The van der Waals surface area contributed by atoms with Gasteiger partial charge in [0.25, 0.3) is 0 Å². The van der Waals surface area contributed by atoms with E-state index in [1.54, 1.807) is 18.4 Å².